The quantitative estimate of drug-likeness (QED) is 0.513. The van der Waals surface area contributed by atoms with Crippen LogP contribution < -0.4 is 9.64 Å². The van der Waals surface area contributed by atoms with Gasteiger partial charge < -0.3 is 14.5 Å². The lowest BCUT2D eigenvalue weighted by Crippen LogP contribution is -2.40. The number of anilines is 1. The first kappa shape index (κ1) is 24.8. The fourth-order valence-electron chi connectivity index (χ4n) is 5.67. The minimum atomic E-state index is 0.170. The third-order valence-electron chi connectivity index (χ3n) is 8.14. The molecule has 2 aromatic rings. The van der Waals surface area contributed by atoms with Gasteiger partial charge in [0, 0.05) is 44.5 Å². The summed E-state index contributed by atoms with van der Waals surface area (Å²) in [7, 11) is 0. The number of hydrogen-bond donors (Lipinski definition) is 0. The maximum absolute atomic E-state index is 12.8. The van der Waals surface area contributed by atoms with Crippen molar-refractivity contribution in [3.63, 3.8) is 0 Å². The van der Waals surface area contributed by atoms with Crippen LogP contribution in [0.2, 0.25) is 0 Å². The number of likely N-dealkylation sites (tertiary alicyclic amines) is 1. The van der Waals surface area contributed by atoms with E-state index in [0.717, 1.165) is 95.9 Å². The van der Waals surface area contributed by atoms with Crippen LogP contribution in [0, 0.1) is 11.8 Å². The van der Waals surface area contributed by atoms with Gasteiger partial charge in [-0.05, 0) is 92.5 Å². The molecule has 2 saturated heterocycles. The van der Waals surface area contributed by atoms with Crippen LogP contribution in [0.1, 0.15) is 69.4 Å². The maximum atomic E-state index is 12.8. The Bertz CT molecular complexity index is 1020. The predicted molar refractivity (Wildman–Crippen MR) is 144 cm³/mol. The van der Waals surface area contributed by atoms with E-state index in [2.05, 4.69) is 57.0 Å². The zero-order valence-electron chi connectivity index (χ0n) is 21.7. The smallest absolute Gasteiger partial charge is 0.226 e. The molecule has 0 saturated carbocycles. The zero-order valence-corrected chi connectivity index (χ0v) is 21.7. The van der Waals surface area contributed by atoms with E-state index in [1.54, 1.807) is 0 Å². The fraction of sp³-hybridized carbons (Fsp3) is 0.567. The number of nitrogens with zero attached hydrogens (tertiary/aromatic N) is 4. The number of benzene rings is 1. The third kappa shape index (κ3) is 6.08. The number of aromatic nitrogens is 2. The van der Waals surface area contributed by atoms with Gasteiger partial charge in [0.1, 0.15) is 5.75 Å². The summed E-state index contributed by atoms with van der Waals surface area (Å²) in [6.45, 7) is 6.74. The highest BCUT2D eigenvalue weighted by molar-refractivity contribution is 5.80. The molecule has 1 aromatic carbocycles. The number of rotatable bonds is 7. The Morgan fingerprint density at radius 3 is 2.33 bits per heavy atom. The van der Waals surface area contributed by atoms with E-state index in [1.807, 2.05) is 12.4 Å². The highest BCUT2D eigenvalue weighted by Gasteiger charge is 2.27. The molecule has 3 heterocycles. The average Bonchev–Trinajstić information content (AvgIpc) is 2.97. The molecule has 1 amide bonds. The highest BCUT2D eigenvalue weighted by atomic mass is 16.5. The van der Waals surface area contributed by atoms with E-state index in [4.69, 9.17) is 4.74 Å². The Balaban J connectivity index is 1.06. The first-order valence-corrected chi connectivity index (χ1v) is 14.0. The van der Waals surface area contributed by atoms with Crippen molar-refractivity contribution in [1.29, 1.82) is 0 Å². The number of ether oxygens (including phenoxy) is 1. The lowest BCUT2D eigenvalue weighted by Gasteiger charge is -2.32. The number of aryl methyl sites for hydroxylation is 1. The average molecular weight is 489 g/mol. The molecule has 1 unspecified atom stereocenters. The zero-order chi connectivity index (χ0) is 24.7. The van der Waals surface area contributed by atoms with Crippen molar-refractivity contribution in [2.75, 3.05) is 37.7 Å². The van der Waals surface area contributed by atoms with E-state index < -0.39 is 0 Å². The van der Waals surface area contributed by atoms with Crippen molar-refractivity contribution >= 4 is 17.4 Å². The molecular formula is C30H40N4O2. The van der Waals surface area contributed by atoms with Crippen LogP contribution in [0.5, 0.6) is 5.75 Å². The number of amides is 1. The predicted octanol–water partition coefficient (Wildman–Crippen LogP) is 5.53. The standard InChI is InChI=1S/C30H40N4O2/c1-2-23-20-31-30(32-21-23)34-18-14-24(15-19-34)22-36-28-12-10-26(11-13-28)25-6-8-27(9-7-25)29(35)33-16-4-3-5-17-33/h6,10-13,20-21,24,27H,2-5,7-9,14-19,22H2,1H3. The third-order valence-corrected chi connectivity index (χ3v) is 8.14. The van der Waals surface area contributed by atoms with Crippen LogP contribution in [-0.4, -0.2) is 53.6 Å². The Morgan fingerprint density at radius 2 is 1.69 bits per heavy atom. The summed E-state index contributed by atoms with van der Waals surface area (Å²) in [5, 5.41) is 0. The van der Waals surface area contributed by atoms with Gasteiger partial charge in [-0.2, -0.15) is 0 Å². The number of piperidine rings is 2. The summed E-state index contributed by atoms with van der Waals surface area (Å²) in [6, 6.07) is 8.54. The molecule has 192 valence electrons. The second kappa shape index (κ2) is 11.9. The van der Waals surface area contributed by atoms with E-state index in [-0.39, 0.29) is 5.92 Å². The van der Waals surface area contributed by atoms with E-state index >= 15 is 0 Å². The molecule has 1 atom stereocenters. The minimum Gasteiger partial charge on any atom is -0.493 e. The Hall–Kier alpha value is -2.89. The topological polar surface area (TPSA) is 58.6 Å². The fourth-order valence-corrected chi connectivity index (χ4v) is 5.67. The summed E-state index contributed by atoms with van der Waals surface area (Å²) in [5.74, 6) is 2.89. The van der Waals surface area contributed by atoms with Gasteiger partial charge in [-0.3, -0.25) is 4.79 Å². The lowest BCUT2D eigenvalue weighted by atomic mass is 9.85. The summed E-state index contributed by atoms with van der Waals surface area (Å²) in [4.78, 5) is 26.3. The van der Waals surface area contributed by atoms with Gasteiger partial charge in [-0.15, -0.1) is 0 Å². The van der Waals surface area contributed by atoms with Crippen molar-refractivity contribution < 1.29 is 9.53 Å². The molecule has 2 aliphatic heterocycles. The van der Waals surface area contributed by atoms with Gasteiger partial charge in [0.25, 0.3) is 0 Å². The number of hydrogen-bond acceptors (Lipinski definition) is 5. The number of carbonyl (C=O) groups excluding carboxylic acids is 1. The first-order valence-electron chi connectivity index (χ1n) is 14.0. The molecule has 0 N–H and O–H groups in total. The second-order valence-corrected chi connectivity index (χ2v) is 10.6. The summed E-state index contributed by atoms with van der Waals surface area (Å²) in [5.41, 5.74) is 3.81. The molecule has 0 radical (unpaired) electrons. The molecule has 1 aliphatic carbocycles. The van der Waals surface area contributed by atoms with Crippen molar-refractivity contribution in [2.24, 2.45) is 11.8 Å². The van der Waals surface area contributed by atoms with Crippen molar-refractivity contribution in [1.82, 2.24) is 14.9 Å². The highest BCUT2D eigenvalue weighted by Crippen LogP contribution is 2.32. The van der Waals surface area contributed by atoms with Crippen molar-refractivity contribution in [3.05, 3.63) is 53.9 Å². The van der Waals surface area contributed by atoms with Crippen LogP contribution in [0.25, 0.3) is 5.57 Å². The number of allylic oxidation sites excluding steroid dienone is 2. The van der Waals surface area contributed by atoms with Crippen LogP contribution in [0.4, 0.5) is 5.95 Å². The molecular weight excluding hydrogens is 448 g/mol. The van der Waals surface area contributed by atoms with E-state index in [1.165, 1.54) is 23.1 Å². The Labute approximate surface area is 215 Å². The monoisotopic (exact) mass is 488 g/mol. The maximum Gasteiger partial charge on any atom is 0.226 e. The molecule has 6 heteroatoms. The molecule has 0 spiro atoms. The number of carbonyl (C=O) groups is 1. The van der Waals surface area contributed by atoms with E-state index in [9.17, 15) is 4.79 Å². The van der Waals surface area contributed by atoms with Gasteiger partial charge in [0.05, 0.1) is 6.61 Å². The summed E-state index contributed by atoms with van der Waals surface area (Å²) >= 11 is 0. The molecule has 1 aromatic heterocycles. The normalized spacial score (nSPS) is 21.2. The molecule has 5 rings (SSSR count). The molecule has 3 aliphatic rings. The molecule has 0 bridgehead atoms. The minimum absolute atomic E-state index is 0.170. The second-order valence-electron chi connectivity index (χ2n) is 10.6. The van der Waals surface area contributed by atoms with E-state index in [0.29, 0.717) is 11.8 Å². The van der Waals surface area contributed by atoms with Crippen LogP contribution in [0.3, 0.4) is 0 Å². The van der Waals surface area contributed by atoms with Gasteiger partial charge in [-0.25, -0.2) is 9.97 Å². The van der Waals surface area contributed by atoms with Crippen LogP contribution >= 0.6 is 0 Å². The first-order chi connectivity index (χ1) is 17.7. The summed E-state index contributed by atoms with van der Waals surface area (Å²) in [6.07, 6.45) is 15.7. The van der Waals surface area contributed by atoms with Crippen LogP contribution in [0.15, 0.2) is 42.7 Å². The Kier molecular flexibility index (Phi) is 8.19. The summed E-state index contributed by atoms with van der Waals surface area (Å²) < 4.78 is 6.16. The molecule has 6 nitrogen and oxygen atoms in total. The SMILES string of the molecule is CCc1cnc(N2CCC(COc3ccc(C4=CCC(C(=O)N5CCCCC5)CC4)cc3)CC2)nc1. The van der Waals surface area contributed by atoms with Gasteiger partial charge >= 0.3 is 0 Å². The Morgan fingerprint density at radius 1 is 0.972 bits per heavy atom. The lowest BCUT2D eigenvalue weighted by molar-refractivity contribution is -0.136. The van der Waals surface area contributed by atoms with Gasteiger partial charge in [0.15, 0.2) is 0 Å². The van der Waals surface area contributed by atoms with Crippen LogP contribution in [-0.2, 0) is 11.2 Å². The molecule has 36 heavy (non-hydrogen) atoms. The van der Waals surface area contributed by atoms with Crippen molar-refractivity contribution in [2.45, 2.75) is 64.7 Å². The molecule has 2 fully saturated rings. The van der Waals surface area contributed by atoms with Gasteiger partial charge in [-0.1, -0.05) is 25.1 Å². The van der Waals surface area contributed by atoms with Gasteiger partial charge in [0.2, 0.25) is 11.9 Å². The largest absolute Gasteiger partial charge is 0.493 e. The van der Waals surface area contributed by atoms with Crippen molar-refractivity contribution in [3.8, 4) is 5.75 Å².